The van der Waals surface area contributed by atoms with E-state index in [0.717, 1.165) is 25.9 Å². The number of amides is 1. The molecule has 1 amide bonds. The minimum absolute atomic E-state index is 0.0929. The van der Waals surface area contributed by atoms with Crippen LogP contribution in [0.2, 0.25) is 0 Å². The van der Waals surface area contributed by atoms with Gasteiger partial charge in [0.15, 0.2) is 0 Å². The molecule has 0 unspecified atom stereocenters. The zero-order valence-corrected chi connectivity index (χ0v) is 16.7. The van der Waals surface area contributed by atoms with Crippen molar-refractivity contribution in [1.29, 1.82) is 0 Å². The van der Waals surface area contributed by atoms with E-state index in [4.69, 9.17) is 9.15 Å². The summed E-state index contributed by atoms with van der Waals surface area (Å²) in [4.78, 5) is 14.8. The predicted molar refractivity (Wildman–Crippen MR) is 104 cm³/mol. The van der Waals surface area contributed by atoms with Gasteiger partial charge in [-0.15, -0.1) is 10.2 Å². The molecule has 0 aliphatic carbocycles. The van der Waals surface area contributed by atoms with Crippen molar-refractivity contribution in [3.05, 3.63) is 47.7 Å². The summed E-state index contributed by atoms with van der Waals surface area (Å²) in [6.07, 6.45) is 1.53. The molecule has 0 radical (unpaired) electrons. The van der Waals surface area contributed by atoms with Crippen LogP contribution in [0, 0.1) is 0 Å². The van der Waals surface area contributed by atoms with Crippen LogP contribution in [-0.2, 0) is 4.74 Å². The third-order valence-electron chi connectivity index (χ3n) is 5.33. The van der Waals surface area contributed by atoms with Gasteiger partial charge < -0.3 is 14.5 Å². The molecule has 3 heterocycles. The molecule has 2 fully saturated rings. The fourth-order valence-corrected chi connectivity index (χ4v) is 3.87. The van der Waals surface area contributed by atoms with Crippen LogP contribution in [0.4, 0.5) is 4.79 Å². The number of piperidine rings is 1. The number of hydrogen-bond donors (Lipinski definition) is 1. The number of likely N-dealkylation sites (tertiary alicyclic amines) is 1. The van der Waals surface area contributed by atoms with Crippen LogP contribution in [0.15, 0.2) is 34.7 Å². The van der Waals surface area contributed by atoms with E-state index in [-0.39, 0.29) is 24.0 Å². The molecule has 0 saturated carbocycles. The van der Waals surface area contributed by atoms with E-state index in [0.29, 0.717) is 18.3 Å². The van der Waals surface area contributed by atoms with Crippen LogP contribution >= 0.6 is 0 Å². The van der Waals surface area contributed by atoms with E-state index >= 15 is 0 Å². The summed E-state index contributed by atoms with van der Waals surface area (Å²) in [5.74, 6) is 1.50. The molecule has 2 saturated heterocycles. The lowest BCUT2D eigenvalue weighted by Gasteiger charge is -2.40. The Morgan fingerprint density at radius 3 is 2.54 bits per heavy atom. The molecule has 1 N–H and O–H groups in total. The Bertz CT molecular complexity index is 811. The molecule has 0 spiro atoms. The molecule has 2 atom stereocenters. The van der Waals surface area contributed by atoms with Crippen LogP contribution in [0.5, 0.6) is 0 Å². The molecule has 7 heteroatoms. The van der Waals surface area contributed by atoms with Crippen molar-refractivity contribution < 1.29 is 13.9 Å². The topological polar surface area (TPSA) is 80.5 Å². The van der Waals surface area contributed by atoms with Crippen LogP contribution in [0.25, 0.3) is 0 Å². The van der Waals surface area contributed by atoms with Crippen molar-refractivity contribution in [3.63, 3.8) is 0 Å². The van der Waals surface area contributed by atoms with Gasteiger partial charge in [0.05, 0.1) is 5.92 Å². The summed E-state index contributed by atoms with van der Waals surface area (Å²) in [6.45, 7) is 7.97. The second-order valence-electron chi connectivity index (χ2n) is 8.61. The molecular weight excluding hydrogens is 356 g/mol. The molecule has 7 nitrogen and oxygen atoms in total. The number of rotatable bonds is 3. The third kappa shape index (κ3) is 3.90. The van der Waals surface area contributed by atoms with Gasteiger partial charge in [0.25, 0.3) is 0 Å². The van der Waals surface area contributed by atoms with Crippen molar-refractivity contribution in [2.24, 2.45) is 0 Å². The first-order valence-electron chi connectivity index (χ1n) is 10.0. The highest BCUT2D eigenvalue weighted by Crippen LogP contribution is 2.43. The van der Waals surface area contributed by atoms with Gasteiger partial charge in [0.1, 0.15) is 11.6 Å². The Balaban J connectivity index is 1.68. The van der Waals surface area contributed by atoms with Crippen LogP contribution in [0.3, 0.4) is 0 Å². The first kappa shape index (κ1) is 18.9. The van der Waals surface area contributed by atoms with Gasteiger partial charge in [-0.25, -0.2) is 4.79 Å². The van der Waals surface area contributed by atoms with Crippen molar-refractivity contribution in [1.82, 2.24) is 20.4 Å². The van der Waals surface area contributed by atoms with E-state index in [9.17, 15) is 4.79 Å². The van der Waals surface area contributed by atoms with E-state index in [1.54, 1.807) is 4.90 Å². The molecular formula is C21H28N4O3. The summed E-state index contributed by atoms with van der Waals surface area (Å²) in [5.41, 5.74) is 0.615. The maximum atomic E-state index is 13.0. The van der Waals surface area contributed by atoms with Crippen molar-refractivity contribution in [3.8, 4) is 0 Å². The average Bonchev–Trinajstić information content (AvgIpc) is 3.08. The number of ether oxygens (including phenoxy) is 1. The number of nitrogens with zero attached hydrogens (tertiary/aromatic N) is 3. The Morgan fingerprint density at radius 2 is 1.89 bits per heavy atom. The molecule has 28 heavy (non-hydrogen) atoms. The minimum atomic E-state index is -0.557. The minimum Gasteiger partial charge on any atom is -0.444 e. The van der Waals surface area contributed by atoms with Crippen molar-refractivity contribution >= 4 is 6.09 Å². The number of carbonyl (C=O) groups excluding carboxylic acids is 1. The van der Waals surface area contributed by atoms with Crippen LogP contribution < -0.4 is 5.32 Å². The smallest absolute Gasteiger partial charge is 0.410 e. The fraction of sp³-hybridized carbons (Fsp3) is 0.571. The first-order chi connectivity index (χ1) is 13.4. The number of aromatic nitrogens is 2. The Labute approximate surface area is 165 Å². The van der Waals surface area contributed by atoms with Gasteiger partial charge in [-0.05, 0) is 39.2 Å². The molecule has 1 aromatic carbocycles. The van der Waals surface area contributed by atoms with E-state index in [1.807, 2.05) is 39.0 Å². The van der Waals surface area contributed by atoms with Gasteiger partial charge in [0.2, 0.25) is 11.8 Å². The Kier molecular flexibility index (Phi) is 5.10. The Morgan fingerprint density at radius 1 is 1.18 bits per heavy atom. The summed E-state index contributed by atoms with van der Waals surface area (Å²) < 4.78 is 11.8. The number of hydrogen-bond acceptors (Lipinski definition) is 6. The lowest BCUT2D eigenvalue weighted by atomic mass is 9.83. The number of nitrogens with one attached hydrogen (secondary N) is 1. The normalized spacial score (nSPS) is 23.3. The lowest BCUT2D eigenvalue weighted by Crippen LogP contribution is -2.44. The monoisotopic (exact) mass is 384 g/mol. The summed E-state index contributed by atoms with van der Waals surface area (Å²) >= 11 is 0. The zero-order chi connectivity index (χ0) is 19.7. The van der Waals surface area contributed by atoms with Gasteiger partial charge in [0, 0.05) is 25.6 Å². The predicted octanol–water partition coefficient (Wildman–Crippen LogP) is 3.61. The van der Waals surface area contributed by atoms with E-state index in [2.05, 4.69) is 27.6 Å². The summed E-state index contributed by atoms with van der Waals surface area (Å²) in [7, 11) is 0. The second kappa shape index (κ2) is 7.54. The molecule has 2 aliphatic rings. The van der Waals surface area contributed by atoms with E-state index < -0.39 is 5.60 Å². The average molecular weight is 384 g/mol. The third-order valence-corrected chi connectivity index (χ3v) is 5.33. The molecule has 2 aliphatic heterocycles. The molecule has 150 valence electrons. The zero-order valence-electron chi connectivity index (χ0n) is 16.7. The van der Waals surface area contributed by atoms with Gasteiger partial charge in [-0.1, -0.05) is 30.3 Å². The quantitative estimate of drug-likeness (QED) is 0.871. The molecule has 0 bridgehead atoms. The maximum absolute atomic E-state index is 13.0. The summed E-state index contributed by atoms with van der Waals surface area (Å²) in [5, 5.41) is 11.9. The molecule has 2 aromatic rings. The van der Waals surface area contributed by atoms with Gasteiger partial charge in [-0.2, -0.15) is 0 Å². The molecule has 1 aromatic heterocycles. The standard InChI is InChI=1S/C21H28N4O3/c1-21(2,3)28-20(26)25-11-7-10-16(14-8-5-4-6-9-14)17(25)19-24-23-18(27-19)15-12-22-13-15/h4-6,8-9,15-17,22H,7,10-13H2,1-3H3/t16-,17-/m0/s1. The van der Waals surface area contributed by atoms with Gasteiger partial charge >= 0.3 is 6.09 Å². The maximum Gasteiger partial charge on any atom is 0.410 e. The number of benzene rings is 1. The largest absolute Gasteiger partial charge is 0.444 e. The highest BCUT2D eigenvalue weighted by atomic mass is 16.6. The first-order valence-corrected chi connectivity index (χ1v) is 10.0. The Hall–Kier alpha value is -2.41. The second-order valence-corrected chi connectivity index (χ2v) is 8.61. The lowest BCUT2D eigenvalue weighted by molar-refractivity contribution is 0.00182. The van der Waals surface area contributed by atoms with Crippen molar-refractivity contribution in [2.75, 3.05) is 19.6 Å². The fourth-order valence-electron chi connectivity index (χ4n) is 3.87. The van der Waals surface area contributed by atoms with Gasteiger partial charge in [-0.3, -0.25) is 4.90 Å². The van der Waals surface area contributed by atoms with Crippen LogP contribution in [-0.4, -0.2) is 46.4 Å². The van der Waals surface area contributed by atoms with Crippen molar-refractivity contribution in [2.45, 2.75) is 57.1 Å². The number of carbonyl (C=O) groups is 1. The van der Waals surface area contributed by atoms with E-state index in [1.165, 1.54) is 5.56 Å². The van der Waals surface area contributed by atoms with Crippen LogP contribution in [0.1, 0.15) is 68.8 Å². The highest BCUT2D eigenvalue weighted by Gasteiger charge is 2.42. The molecule has 4 rings (SSSR count). The highest BCUT2D eigenvalue weighted by molar-refractivity contribution is 5.69. The summed E-state index contributed by atoms with van der Waals surface area (Å²) in [6, 6.07) is 9.94. The SMILES string of the molecule is CC(C)(C)OC(=O)N1CCC[C@@H](c2ccccc2)[C@H]1c1nnc(C2CNC2)o1.